The second-order valence-corrected chi connectivity index (χ2v) is 6.26. The molecule has 0 fully saturated rings. The Balaban J connectivity index is 3.06. The van der Waals surface area contributed by atoms with Crippen molar-refractivity contribution >= 4 is 11.4 Å². The van der Waals surface area contributed by atoms with Gasteiger partial charge in [0, 0.05) is 0 Å². The third kappa shape index (κ3) is 17.6. The molecule has 1 atom stereocenters. The summed E-state index contributed by atoms with van der Waals surface area (Å²) in [7, 11) is 0. The summed E-state index contributed by atoms with van der Waals surface area (Å²) in [5, 5.41) is 0. The fourth-order valence-electron chi connectivity index (χ4n) is 2.19. The van der Waals surface area contributed by atoms with Crippen molar-refractivity contribution < 1.29 is 12.6 Å². The summed E-state index contributed by atoms with van der Waals surface area (Å²) < 4.78 is 20.8. The van der Waals surface area contributed by atoms with E-state index in [1.165, 1.54) is 64.2 Å². The highest BCUT2D eigenvalue weighted by Gasteiger charge is 1.99. The van der Waals surface area contributed by atoms with Crippen molar-refractivity contribution in [2.75, 3.05) is 13.2 Å². The molecule has 0 saturated heterocycles. The Hall–Kier alpha value is -0.370. The van der Waals surface area contributed by atoms with Gasteiger partial charge in [0.2, 0.25) is 0 Å². The minimum atomic E-state index is -1.68. The van der Waals surface area contributed by atoms with Crippen molar-refractivity contribution in [3.8, 4) is 12.3 Å². The molecule has 0 N–H and O–H groups in total. The van der Waals surface area contributed by atoms with Gasteiger partial charge in [-0.15, -0.1) is 6.42 Å². The average molecular weight is 317 g/mol. The van der Waals surface area contributed by atoms with Crippen LogP contribution >= 0.6 is 0 Å². The number of hydrogen-bond donors (Lipinski definition) is 0. The number of hydrogen-bond acceptors (Lipinski definition) is 3. The maximum atomic E-state index is 11.1. The minimum absolute atomic E-state index is 0.0328. The quantitative estimate of drug-likeness (QED) is 0.299. The van der Waals surface area contributed by atoms with Gasteiger partial charge >= 0.3 is 11.4 Å². The zero-order valence-electron chi connectivity index (χ0n) is 13.6. The molecular weight excluding hydrogens is 284 g/mol. The van der Waals surface area contributed by atoms with E-state index in [9.17, 15) is 4.21 Å². The van der Waals surface area contributed by atoms with Crippen LogP contribution in [0.4, 0.5) is 0 Å². The normalized spacial score (nSPS) is 12.2. The Morgan fingerprint density at radius 2 is 1.29 bits per heavy atom. The molecule has 0 rings (SSSR count). The Bertz CT molecular complexity index is 274. The Labute approximate surface area is 134 Å². The molecule has 1 unspecified atom stereocenters. The molecule has 0 aromatic heterocycles. The molecule has 0 aliphatic rings. The zero-order chi connectivity index (χ0) is 15.6. The molecule has 0 radical (unpaired) electrons. The fourth-order valence-corrected chi connectivity index (χ4v) is 2.67. The largest absolute Gasteiger partial charge is 0.305 e. The first-order chi connectivity index (χ1) is 10.3. The predicted octanol–water partition coefficient (Wildman–Crippen LogP) is 4.93. The van der Waals surface area contributed by atoms with Gasteiger partial charge in [0.05, 0.1) is 6.61 Å². The molecule has 0 saturated carbocycles. The molecule has 21 heavy (non-hydrogen) atoms. The van der Waals surface area contributed by atoms with Gasteiger partial charge in [0.15, 0.2) is 0 Å². The van der Waals surface area contributed by atoms with Gasteiger partial charge in [-0.3, -0.25) is 8.37 Å². The molecule has 0 aromatic rings. The monoisotopic (exact) mass is 316 g/mol. The van der Waals surface area contributed by atoms with Crippen molar-refractivity contribution in [2.24, 2.45) is 0 Å². The summed E-state index contributed by atoms with van der Waals surface area (Å²) in [6.07, 6.45) is 20.6. The van der Waals surface area contributed by atoms with Crippen LogP contribution in [0.5, 0.6) is 0 Å². The standard InChI is InChI=1S/C17H32O3S/c1-3-5-6-7-8-9-10-11-12-13-14-15-17-20-21(18)19-16-4-2/h2H,3,5-17H2,1H3. The molecule has 3 nitrogen and oxygen atoms in total. The van der Waals surface area contributed by atoms with Crippen molar-refractivity contribution in [1.82, 2.24) is 0 Å². The summed E-state index contributed by atoms with van der Waals surface area (Å²) in [6, 6.07) is 0. The molecule has 0 aromatic carbocycles. The van der Waals surface area contributed by atoms with Crippen molar-refractivity contribution in [1.29, 1.82) is 0 Å². The van der Waals surface area contributed by atoms with Gasteiger partial charge in [-0.1, -0.05) is 83.5 Å². The van der Waals surface area contributed by atoms with Gasteiger partial charge in [-0.25, -0.2) is 0 Å². The topological polar surface area (TPSA) is 35.5 Å². The zero-order valence-corrected chi connectivity index (χ0v) is 14.4. The molecule has 0 spiro atoms. The van der Waals surface area contributed by atoms with Crippen LogP contribution in [0.25, 0.3) is 0 Å². The fraction of sp³-hybridized carbons (Fsp3) is 0.882. The molecular formula is C17H32O3S. The lowest BCUT2D eigenvalue weighted by Gasteiger charge is -2.03. The van der Waals surface area contributed by atoms with E-state index in [2.05, 4.69) is 12.8 Å². The molecule has 0 bridgehead atoms. The van der Waals surface area contributed by atoms with E-state index in [-0.39, 0.29) is 6.61 Å². The third-order valence-electron chi connectivity index (χ3n) is 3.42. The van der Waals surface area contributed by atoms with Gasteiger partial charge in [0.25, 0.3) is 0 Å². The summed E-state index contributed by atoms with van der Waals surface area (Å²) in [4.78, 5) is 0. The summed E-state index contributed by atoms with van der Waals surface area (Å²) >= 11 is -1.68. The van der Waals surface area contributed by atoms with Crippen LogP contribution in [0.15, 0.2) is 0 Å². The van der Waals surface area contributed by atoms with Crippen molar-refractivity contribution in [3.05, 3.63) is 0 Å². The van der Waals surface area contributed by atoms with Crippen LogP contribution in [0.3, 0.4) is 0 Å². The smallest absolute Gasteiger partial charge is 0.268 e. The second-order valence-electron chi connectivity index (χ2n) is 5.38. The number of unbranched alkanes of at least 4 members (excludes halogenated alkanes) is 11. The lowest BCUT2D eigenvalue weighted by Crippen LogP contribution is -2.03. The van der Waals surface area contributed by atoms with Gasteiger partial charge < -0.3 is 0 Å². The van der Waals surface area contributed by atoms with Crippen LogP contribution in [-0.4, -0.2) is 17.4 Å². The SMILES string of the molecule is C#CCOS(=O)OCCCCCCCCCCCCCC. The van der Waals surface area contributed by atoms with E-state index in [1.54, 1.807) is 0 Å². The Kier molecular flexibility index (Phi) is 17.4. The van der Waals surface area contributed by atoms with Crippen LogP contribution in [0, 0.1) is 12.3 Å². The van der Waals surface area contributed by atoms with E-state index in [0.29, 0.717) is 6.61 Å². The Morgan fingerprint density at radius 3 is 1.76 bits per heavy atom. The molecule has 124 valence electrons. The summed E-state index contributed by atoms with van der Waals surface area (Å²) in [5.74, 6) is 2.25. The van der Waals surface area contributed by atoms with E-state index < -0.39 is 11.4 Å². The number of rotatable bonds is 16. The molecule has 0 aliphatic carbocycles. The van der Waals surface area contributed by atoms with Gasteiger partial charge in [0.1, 0.15) is 6.61 Å². The highest BCUT2D eigenvalue weighted by Crippen LogP contribution is 2.11. The van der Waals surface area contributed by atoms with Crippen molar-refractivity contribution in [3.63, 3.8) is 0 Å². The minimum Gasteiger partial charge on any atom is -0.268 e. The predicted molar refractivity (Wildman–Crippen MR) is 90.0 cm³/mol. The van der Waals surface area contributed by atoms with Crippen molar-refractivity contribution in [2.45, 2.75) is 84.0 Å². The van der Waals surface area contributed by atoms with E-state index in [4.69, 9.17) is 14.8 Å². The lowest BCUT2D eigenvalue weighted by atomic mass is 10.1. The lowest BCUT2D eigenvalue weighted by molar-refractivity contribution is 0.262. The first-order valence-electron chi connectivity index (χ1n) is 8.43. The number of terminal acetylenes is 1. The van der Waals surface area contributed by atoms with E-state index in [0.717, 1.165) is 12.8 Å². The van der Waals surface area contributed by atoms with Gasteiger partial charge in [-0.2, -0.15) is 4.21 Å². The highest BCUT2D eigenvalue weighted by molar-refractivity contribution is 7.75. The van der Waals surface area contributed by atoms with Gasteiger partial charge in [-0.05, 0) is 6.42 Å². The molecule has 0 heterocycles. The summed E-state index contributed by atoms with van der Waals surface area (Å²) in [6.45, 7) is 2.77. The first kappa shape index (κ1) is 20.6. The van der Waals surface area contributed by atoms with E-state index >= 15 is 0 Å². The average Bonchev–Trinajstić information content (AvgIpc) is 2.49. The molecule has 0 aliphatic heterocycles. The third-order valence-corrected chi connectivity index (χ3v) is 4.09. The van der Waals surface area contributed by atoms with Crippen LogP contribution in [0.2, 0.25) is 0 Å². The second kappa shape index (κ2) is 17.7. The summed E-state index contributed by atoms with van der Waals surface area (Å²) in [5.41, 5.74) is 0. The first-order valence-corrected chi connectivity index (χ1v) is 9.43. The molecule has 4 heteroatoms. The highest BCUT2D eigenvalue weighted by atomic mass is 32.2. The Morgan fingerprint density at radius 1 is 0.810 bits per heavy atom. The van der Waals surface area contributed by atoms with Crippen LogP contribution in [0.1, 0.15) is 84.0 Å². The molecule has 0 amide bonds. The van der Waals surface area contributed by atoms with Crippen LogP contribution < -0.4 is 0 Å². The van der Waals surface area contributed by atoms with Crippen LogP contribution in [-0.2, 0) is 19.7 Å². The van der Waals surface area contributed by atoms with E-state index in [1.807, 2.05) is 0 Å². The maximum Gasteiger partial charge on any atom is 0.305 e. The maximum absolute atomic E-state index is 11.1.